The molecule has 1 aromatic carbocycles. The molecule has 6 heteroatoms. The molecule has 1 rings (SSSR count). The van der Waals surface area contributed by atoms with E-state index in [0.29, 0.717) is 5.69 Å². The third-order valence-corrected chi connectivity index (χ3v) is 4.48. The minimum Gasteiger partial charge on any atom is -0.398 e. The number of nitrogens with one attached hydrogen (secondary N) is 1. The molecule has 19 heavy (non-hydrogen) atoms. The van der Waals surface area contributed by atoms with Crippen molar-refractivity contribution in [3.63, 3.8) is 0 Å². The van der Waals surface area contributed by atoms with Crippen molar-refractivity contribution in [2.75, 3.05) is 12.3 Å². The summed E-state index contributed by atoms with van der Waals surface area (Å²) in [6, 6.07) is 4.69. The molecule has 0 saturated heterocycles. The van der Waals surface area contributed by atoms with E-state index in [1.54, 1.807) is 6.07 Å². The van der Waals surface area contributed by atoms with Gasteiger partial charge in [-0.2, -0.15) is 0 Å². The average molecular weight is 286 g/mol. The second-order valence-corrected chi connectivity index (χ2v) is 6.64. The van der Waals surface area contributed by atoms with Crippen LogP contribution in [0.2, 0.25) is 0 Å². The Morgan fingerprint density at radius 2 is 2.00 bits per heavy atom. The fourth-order valence-electron chi connectivity index (χ4n) is 1.58. The second kappa shape index (κ2) is 6.36. The van der Waals surface area contributed by atoms with Crippen LogP contribution in [0.25, 0.3) is 0 Å². The Labute approximate surface area is 114 Å². The Hall–Kier alpha value is -1.11. The van der Waals surface area contributed by atoms with E-state index in [-0.39, 0.29) is 17.4 Å². The Morgan fingerprint density at radius 3 is 2.47 bits per heavy atom. The largest absolute Gasteiger partial charge is 0.398 e. The van der Waals surface area contributed by atoms with Crippen molar-refractivity contribution < 1.29 is 13.5 Å². The maximum atomic E-state index is 12.0. The molecule has 0 aliphatic heterocycles. The van der Waals surface area contributed by atoms with Crippen LogP contribution in [0.5, 0.6) is 0 Å². The summed E-state index contributed by atoms with van der Waals surface area (Å²) in [6.07, 6.45) is 0.0492. The minimum atomic E-state index is -3.63. The molecule has 0 amide bonds. The smallest absolute Gasteiger partial charge is 0.240 e. The van der Waals surface area contributed by atoms with E-state index in [9.17, 15) is 13.5 Å². The minimum absolute atomic E-state index is 0.00441. The first-order valence-corrected chi connectivity index (χ1v) is 7.82. The van der Waals surface area contributed by atoms with E-state index in [2.05, 4.69) is 4.72 Å². The summed E-state index contributed by atoms with van der Waals surface area (Å²) in [5, 5.41) is 9.62. The van der Waals surface area contributed by atoms with Crippen LogP contribution in [-0.2, 0) is 16.4 Å². The van der Waals surface area contributed by atoms with Gasteiger partial charge in [0.25, 0.3) is 0 Å². The number of hydrogen-bond acceptors (Lipinski definition) is 4. The standard InChI is InChI=1S/C13H22N2O3S/c1-4-10-5-6-11(7-12(10)14)19(17,18)15-8-13(16)9(2)3/h5-7,9,13,15-16H,4,8,14H2,1-3H3. The van der Waals surface area contributed by atoms with E-state index in [1.807, 2.05) is 20.8 Å². The normalized spacial score (nSPS) is 13.7. The third kappa shape index (κ3) is 4.19. The molecule has 0 saturated carbocycles. The molecule has 1 aromatic rings. The SMILES string of the molecule is CCc1ccc(S(=O)(=O)NCC(O)C(C)C)cc1N. The van der Waals surface area contributed by atoms with Crippen LogP contribution in [0.15, 0.2) is 23.1 Å². The van der Waals surface area contributed by atoms with Crippen molar-refractivity contribution in [2.45, 2.75) is 38.2 Å². The van der Waals surface area contributed by atoms with Gasteiger partial charge in [0.1, 0.15) is 0 Å². The first-order chi connectivity index (χ1) is 8.77. The molecule has 0 radical (unpaired) electrons. The first kappa shape index (κ1) is 15.9. The number of benzene rings is 1. The van der Waals surface area contributed by atoms with Crippen LogP contribution in [0.4, 0.5) is 5.69 Å². The predicted molar refractivity (Wildman–Crippen MR) is 76.3 cm³/mol. The van der Waals surface area contributed by atoms with E-state index < -0.39 is 16.1 Å². The molecule has 108 valence electrons. The van der Waals surface area contributed by atoms with Crippen molar-refractivity contribution >= 4 is 15.7 Å². The molecule has 0 heterocycles. The molecule has 0 fully saturated rings. The second-order valence-electron chi connectivity index (χ2n) is 4.88. The maximum Gasteiger partial charge on any atom is 0.240 e. The molecule has 0 aromatic heterocycles. The summed E-state index contributed by atoms with van der Waals surface area (Å²) in [5.74, 6) is -0.00441. The molecule has 1 atom stereocenters. The monoisotopic (exact) mass is 286 g/mol. The summed E-state index contributed by atoms with van der Waals surface area (Å²) in [5.41, 5.74) is 7.18. The van der Waals surface area contributed by atoms with Gasteiger partial charge < -0.3 is 10.8 Å². The molecule has 0 bridgehead atoms. The van der Waals surface area contributed by atoms with Crippen LogP contribution in [0.1, 0.15) is 26.3 Å². The van der Waals surface area contributed by atoms with Crippen molar-refractivity contribution in [1.29, 1.82) is 0 Å². The average Bonchev–Trinajstić information content (AvgIpc) is 2.35. The molecule has 4 N–H and O–H groups in total. The van der Waals surface area contributed by atoms with E-state index >= 15 is 0 Å². The number of nitrogen functional groups attached to an aromatic ring is 1. The maximum absolute atomic E-state index is 12.0. The van der Waals surface area contributed by atoms with E-state index in [1.165, 1.54) is 12.1 Å². The van der Waals surface area contributed by atoms with Crippen LogP contribution in [0, 0.1) is 5.92 Å². The zero-order valence-corrected chi connectivity index (χ0v) is 12.4. The van der Waals surface area contributed by atoms with Gasteiger partial charge in [0.05, 0.1) is 11.0 Å². The number of anilines is 1. The Morgan fingerprint density at radius 1 is 1.37 bits per heavy atom. The Kier molecular flexibility index (Phi) is 5.34. The lowest BCUT2D eigenvalue weighted by molar-refractivity contribution is 0.129. The van der Waals surface area contributed by atoms with Crippen LogP contribution < -0.4 is 10.5 Å². The number of sulfonamides is 1. The van der Waals surface area contributed by atoms with Crippen LogP contribution in [-0.4, -0.2) is 26.2 Å². The first-order valence-electron chi connectivity index (χ1n) is 6.34. The summed E-state index contributed by atoms with van der Waals surface area (Å²) in [6.45, 7) is 5.60. The quantitative estimate of drug-likeness (QED) is 0.683. The van der Waals surface area contributed by atoms with E-state index in [0.717, 1.165) is 12.0 Å². The molecule has 0 aliphatic carbocycles. The summed E-state index contributed by atoms with van der Waals surface area (Å²) in [7, 11) is -3.63. The zero-order chi connectivity index (χ0) is 14.6. The number of hydrogen-bond donors (Lipinski definition) is 3. The predicted octanol–water partition coefficient (Wildman–Crippen LogP) is 1.13. The zero-order valence-electron chi connectivity index (χ0n) is 11.6. The van der Waals surface area contributed by atoms with Crippen molar-refractivity contribution in [3.8, 4) is 0 Å². The van der Waals surface area contributed by atoms with Crippen molar-refractivity contribution in [2.24, 2.45) is 5.92 Å². The molecule has 0 aliphatic rings. The van der Waals surface area contributed by atoms with Gasteiger partial charge in [-0.1, -0.05) is 26.8 Å². The fourth-order valence-corrected chi connectivity index (χ4v) is 2.66. The molecule has 0 spiro atoms. The fraction of sp³-hybridized carbons (Fsp3) is 0.538. The number of rotatable bonds is 6. The molecular formula is C13H22N2O3S. The van der Waals surface area contributed by atoms with Crippen molar-refractivity contribution in [3.05, 3.63) is 23.8 Å². The van der Waals surface area contributed by atoms with Crippen molar-refractivity contribution in [1.82, 2.24) is 4.72 Å². The summed E-state index contributed by atoms with van der Waals surface area (Å²) in [4.78, 5) is 0.123. The highest BCUT2D eigenvalue weighted by Gasteiger charge is 2.18. The Balaban J connectivity index is 2.86. The van der Waals surface area contributed by atoms with Gasteiger partial charge in [-0.15, -0.1) is 0 Å². The molecular weight excluding hydrogens is 264 g/mol. The van der Waals surface area contributed by atoms with Gasteiger partial charge in [0.15, 0.2) is 0 Å². The van der Waals surface area contributed by atoms with Gasteiger partial charge in [-0.3, -0.25) is 0 Å². The highest BCUT2D eigenvalue weighted by molar-refractivity contribution is 7.89. The highest BCUT2D eigenvalue weighted by atomic mass is 32.2. The van der Waals surface area contributed by atoms with Gasteiger partial charge >= 0.3 is 0 Å². The lowest BCUT2D eigenvalue weighted by Crippen LogP contribution is -2.34. The van der Waals surface area contributed by atoms with E-state index in [4.69, 9.17) is 5.73 Å². The Bertz CT molecular complexity index is 527. The lowest BCUT2D eigenvalue weighted by Gasteiger charge is -2.15. The summed E-state index contributed by atoms with van der Waals surface area (Å²) >= 11 is 0. The van der Waals surface area contributed by atoms with Gasteiger partial charge in [0, 0.05) is 12.2 Å². The lowest BCUT2D eigenvalue weighted by atomic mass is 10.1. The van der Waals surface area contributed by atoms with Crippen LogP contribution >= 0.6 is 0 Å². The van der Waals surface area contributed by atoms with Gasteiger partial charge in [0.2, 0.25) is 10.0 Å². The number of aliphatic hydroxyl groups is 1. The number of aliphatic hydroxyl groups excluding tert-OH is 1. The highest BCUT2D eigenvalue weighted by Crippen LogP contribution is 2.18. The number of nitrogens with two attached hydrogens (primary N) is 1. The molecule has 1 unspecified atom stereocenters. The number of aryl methyl sites for hydroxylation is 1. The topological polar surface area (TPSA) is 92.4 Å². The third-order valence-electron chi connectivity index (χ3n) is 3.06. The molecule has 5 nitrogen and oxygen atoms in total. The van der Waals surface area contributed by atoms with Gasteiger partial charge in [-0.05, 0) is 30.0 Å². The van der Waals surface area contributed by atoms with Gasteiger partial charge in [-0.25, -0.2) is 13.1 Å². The summed E-state index contributed by atoms with van der Waals surface area (Å²) < 4.78 is 26.5. The van der Waals surface area contributed by atoms with Crippen LogP contribution in [0.3, 0.4) is 0 Å².